The second-order valence-electron chi connectivity index (χ2n) is 3.92. The highest BCUT2D eigenvalue weighted by atomic mass is 35.5. The van der Waals surface area contributed by atoms with Gasteiger partial charge in [-0.1, -0.05) is 6.07 Å². The average molecular weight is 245 g/mol. The maximum absolute atomic E-state index is 9.91. The summed E-state index contributed by atoms with van der Waals surface area (Å²) < 4.78 is 0. The minimum absolute atomic E-state index is 0. The van der Waals surface area contributed by atoms with Gasteiger partial charge in [-0.3, -0.25) is 0 Å². The number of benzene rings is 1. The van der Waals surface area contributed by atoms with Crippen LogP contribution in [0.3, 0.4) is 0 Å². The summed E-state index contributed by atoms with van der Waals surface area (Å²) in [6, 6.07) is 3.13. The lowest BCUT2D eigenvalue weighted by atomic mass is 9.85. The Balaban J connectivity index is 0.00000128. The van der Waals surface area contributed by atoms with E-state index in [0.29, 0.717) is 5.69 Å². The third-order valence-corrected chi connectivity index (χ3v) is 3.03. The molecule has 1 aliphatic rings. The number of halogens is 1. The predicted molar refractivity (Wildman–Crippen MR) is 66.2 cm³/mol. The Morgan fingerprint density at radius 3 is 2.75 bits per heavy atom. The zero-order valence-electron chi connectivity index (χ0n) is 9.10. The molecule has 0 heterocycles. The van der Waals surface area contributed by atoms with Crippen LogP contribution in [-0.2, 0) is 6.42 Å². The molecule has 0 saturated carbocycles. The third-order valence-electron chi connectivity index (χ3n) is 3.03. The Kier molecular flexibility index (Phi) is 4.02. The van der Waals surface area contributed by atoms with Gasteiger partial charge in [-0.25, -0.2) is 0 Å². The number of hydrogen-bond acceptors (Lipinski definition) is 4. The van der Waals surface area contributed by atoms with Crippen LogP contribution in [0.15, 0.2) is 12.1 Å². The maximum Gasteiger partial charge on any atom is 0.138 e. The van der Waals surface area contributed by atoms with Crippen molar-refractivity contribution in [3.05, 3.63) is 23.3 Å². The lowest BCUT2D eigenvalue weighted by Crippen LogP contribution is -2.33. The fraction of sp³-hybridized carbons (Fsp3) is 0.455. The fourth-order valence-electron chi connectivity index (χ4n) is 2.18. The van der Waals surface area contributed by atoms with Crippen molar-refractivity contribution in [1.29, 1.82) is 0 Å². The van der Waals surface area contributed by atoms with Gasteiger partial charge >= 0.3 is 0 Å². The summed E-state index contributed by atoms with van der Waals surface area (Å²) in [5.74, 6) is 0.221. The Bertz CT molecular complexity index is 384. The predicted octanol–water partition coefficient (Wildman–Crippen LogP) is 1.16. The summed E-state index contributed by atoms with van der Waals surface area (Å²) in [5.41, 5.74) is 8.30. The molecule has 1 aliphatic carbocycles. The van der Waals surface area contributed by atoms with Crippen LogP contribution in [0, 0.1) is 0 Å². The quantitative estimate of drug-likeness (QED) is 0.559. The van der Waals surface area contributed by atoms with Crippen LogP contribution in [0.2, 0.25) is 0 Å². The molecular weight excluding hydrogens is 228 g/mol. The molecule has 90 valence electrons. The molecule has 0 bridgehead atoms. The second kappa shape index (κ2) is 4.91. The van der Waals surface area contributed by atoms with E-state index in [-0.39, 0.29) is 24.2 Å². The third kappa shape index (κ3) is 1.96. The van der Waals surface area contributed by atoms with Crippen LogP contribution < -0.4 is 11.1 Å². The maximum atomic E-state index is 9.91. The molecule has 0 spiro atoms. The number of fused-ring (bicyclic) bond motifs is 1. The Morgan fingerprint density at radius 1 is 1.44 bits per heavy atom. The molecule has 1 aromatic rings. The molecule has 5 heteroatoms. The van der Waals surface area contributed by atoms with Gasteiger partial charge in [0, 0.05) is 13.1 Å². The van der Waals surface area contributed by atoms with Crippen LogP contribution >= 0.6 is 12.4 Å². The zero-order valence-corrected chi connectivity index (χ0v) is 9.92. The largest absolute Gasteiger partial charge is 0.506 e. The van der Waals surface area contributed by atoms with Gasteiger partial charge in [0.2, 0.25) is 0 Å². The van der Waals surface area contributed by atoms with Crippen molar-refractivity contribution in [2.45, 2.75) is 25.0 Å². The van der Waals surface area contributed by atoms with Crippen molar-refractivity contribution in [3.8, 4) is 5.75 Å². The zero-order chi connectivity index (χ0) is 11.0. The van der Waals surface area contributed by atoms with Crippen LogP contribution in [0.5, 0.6) is 5.75 Å². The minimum Gasteiger partial charge on any atom is -0.506 e. The first-order valence-corrected chi connectivity index (χ1v) is 5.11. The number of aliphatic hydroxyl groups is 1. The second-order valence-corrected chi connectivity index (χ2v) is 3.92. The van der Waals surface area contributed by atoms with E-state index in [2.05, 4.69) is 5.32 Å². The topological polar surface area (TPSA) is 78.5 Å². The smallest absolute Gasteiger partial charge is 0.138 e. The molecule has 2 rings (SSSR count). The van der Waals surface area contributed by atoms with Gasteiger partial charge in [0.05, 0.1) is 11.8 Å². The lowest BCUT2D eigenvalue weighted by molar-refractivity contribution is 0.134. The van der Waals surface area contributed by atoms with Crippen molar-refractivity contribution < 1.29 is 10.2 Å². The highest BCUT2D eigenvalue weighted by Crippen LogP contribution is 2.38. The van der Waals surface area contributed by atoms with Gasteiger partial charge in [0.15, 0.2) is 0 Å². The normalized spacial score (nSPS) is 23.2. The monoisotopic (exact) mass is 244 g/mol. The number of nitrogens with two attached hydrogens (primary N) is 1. The van der Waals surface area contributed by atoms with Gasteiger partial charge in [0.1, 0.15) is 5.75 Å². The molecule has 2 atom stereocenters. The first-order chi connectivity index (χ1) is 7.15. The molecule has 0 saturated heterocycles. The van der Waals surface area contributed by atoms with Crippen LogP contribution in [0.4, 0.5) is 5.69 Å². The van der Waals surface area contributed by atoms with E-state index in [4.69, 9.17) is 5.73 Å². The van der Waals surface area contributed by atoms with E-state index in [1.54, 1.807) is 19.2 Å². The molecule has 0 aromatic heterocycles. The van der Waals surface area contributed by atoms with Crippen molar-refractivity contribution in [2.75, 3.05) is 12.4 Å². The standard InChI is InChI=1S/C11H16N2O2.ClH/c1-13-10-6-2-4-8(12)11(15)7(6)3-5-9(10)14;/h3,5,8,11,13-15H,2,4,12H2,1H3;1H/t8-,11-;/m0./s1. The molecule has 1 aromatic carbocycles. The molecule has 4 nitrogen and oxygen atoms in total. The average Bonchev–Trinajstić information content (AvgIpc) is 2.23. The number of rotatable bonds is 1. The molecule has 0 aliphatic heterocycles. The number of nitrogens with one attached hydrogen (secondary N) is 1. The summed E-state index contributed by atoms with van der Waals surface area (Å²) in [7, 11) is 1.76. The highest BCUT2D eigenvalue weighted by molar-refractivity contribution is 5.85. The van der Waals surface area contributed by atoms with E-state index >= 15 is 0 Å². The van der Waals surface area contributed by atoms with Gasteiger partial charge in [0.25, 0.3) is 0 Å². The Morgan fingerprint density at radius 2 is 2.12 bits per heavy atom. The molecule has 5 N–H and O–H groups in total. The molecular formula is C11H17ClN2O2. The molecule has 0 fully saturated rings. The van der Waals surface area contributed by atoms with E-state index in [9.17, 15) is 10.2 Å². The molecule has 0 amide bonds. The van der Waals surface area contributed by atoms with Crippen LogP contribution in [0.1, 0.15) is 23.7 Å². The fourth-order valence-corrected chi connectivity index (χ4v) is 2.18. The SMILES string of the molecule is CNc1c(O)ccc2c1CC[C@H](N)[C@H]2O.Cl. The van der Waals surface area contributed by atoms with Crippen molar-refractivity contribution in [1.82, 2.24) is 0 Å². The summed E-state index contributed by atoms with van der Waals surface area (Å²) in [4.78, 5) is 0. The van der Waals surface area contributed by atoms with Gasteiger partial charge in [-0.2, -0.15) is 0 Å². The number of phenolic OH excluding ortho intramolecular Hbond substituents is 1. The first-order valence-electron chi connectivity index (χ1n) is 5.11. The molecule has 0 unspecified atom stereocenters. The highest BCUT2D eigenvalue weighted by Gasteiger charge is 2.27. The summed E-state index contributed by atoms with van der Waals surface area (Å²) in [6.07, 6.45) is 0.909. The number of hydrogen-bond donors (Lipinski definition) is 4. The lowest BCUT2D eigenvalue weighted by Gasteiger charge is -2.29. The van der Waals surface area contributed by atoms with Gasteiger partial charge in [-0.05, 0) is 30.0 Å². The van der Waals surface area contributed by atoms with Crippen molar-refractivity contribution in [2.24, 2.45) is 5.73 Å². The van der Waals surface area contributed by atoms with Gasteiger partial charge in [-0.15, -0.1) is 12.4 Å². The van der Waals surface area contributed by atoms with Crippen LogP contribution in [0.25, 0.3) is 0 Å². The van der Waals surface area contributed by atoms with Crippen LogP contribution in [-0.4, -0.2) is 23.3 Å². The van der Waals surface area contributed by atoms with E-state index in [1.165, 1.54) is 0 Å². The first kappa shape index (κ1) is 13.1. The molecule has 0 radical (unpaired) electrons. The minimum atomic E-state index is -0.624. The molecule has 16 heavy (non-hydrogen) atoms. The number of phenols is 1. The van der Waals surface area contributed by atoms with Crippen molar-refractivity contribution in [3.63, 3.8) is 0 Å². The summed E-state index contributed by atoms with van der Waals surface area (Å²) >= 11 is 0. The Labute approximate surface area is 101 Å². The summed E-state index contributed by atoms with van der Waals surface area (Å²) in [6.45, 7) is 0. The Hall–Kier alpha value is -0.970. The summed E-state index contributed by atoms with van der Waals surface area (Å²) in [5, 5.41) is 22.5. The van der Waals surface area contributed by atoms with E-state index in [0.717, 1.165) is 24.0 Å². The van der Waals surface area contributed by atoms with E-state index < -0.39 is 6.10 Å². The number of aromatic hydroxyl groups is 1. The number of aliphatic hydroxyl groups excluding tert-OH is 1. The van der Waals surface area contributed by atoms with E-state index in [1.807, 2.05) is 0 Å². The number of anilines is 1. The van der Waals surface area contributed by atoms with Crippen molar-refractivity contribution >= 4 is 18.1 Å². The van der Waals surface area contributed by atoms with Gasteiger partial charge < -0.3 is 21.3 Å².